The molecule has 4 N–H and O–H groups in total. The molecule has 238 valence electrons. The van der Waals surface area contributed by atoms with Crippen LogP contribution in [0.5, 0.6) is 5.75 Å². The molecule has 2 amide bonds. The van der Waals surface area contributed by atoms with Crippen molar-refractivity contribution in [2.24, 2.45) is 11.1 Å². The average molecular weight is 606 g/mol. The highest BCUT2D eigenvalue weighted by Crippen LogP contribution is 2.28. The van der Waals surface area contributed by atoms with Crippen molar-refractivity contribution in [3.8, 4) is 5.75 Å². The zero-order valence-corrected chi connectivity index (χ0v) is 24.8. The maximum absolute atomic E-state index is 13.5. The van der Waals surface area contributed by atoms with Crippen LogP contribution in [0.3, 0.4) is 0 Å². The first-order valence-corrected chi connectivity index (χ1v) is 14.1. The van der Waals surface area contributed by atoms with Gasteiger partial charge in [-0.3, -0.25) is 14.4 Å². The molecule has 2 rings (SSSR count). The molecule has 0 spiro atoms. The lowest BCUT2D eigenvalue weighted by Gasteiger charge is -2.33. The third kappa shape index (κ3) is 13.0. The molecule has 42 heavy (non-hydrogen) atoms. The van der Waals surface area contributed by atoms with Crippen LogP contribution in [0.25, 0.3) is 0 Å². The van der Waals surface area contributed by atoms with E-state index >= 15 is 0 Å². The summed E-state index contributed by atoms with van der Waals surface area (Å²) >= 11 is 0. The lowest BCUT2D eigenvalue weighted by molar-refractivity contribution is -0.136. The Labute approximate surface area is 244 Å². The Morgan fingerprint density at radius 2 is 1.29 bits per heavy atom. The summed E-state index contributed by atoms with van der Waals surface area (Å²) in [6, 6.07) is 0.101. The lowest BCUT2D eigenvalue weighted by atomic mass is 9.79. The molecular weight excluding hydrogens is 562 g/mol. The number of benzene rings is 1. The Hall–Kier alpha value is -2.77. The number of hydrogen-bond donors (Lipinski definition) is 3. The summed E-state index contributed by atoms with van der Waals surface area (Å²) in [7, 11) is 0. The largest absolute Gasteiger partial charge is 0.420 e. The lowest BCUT2D eigenvalue weighted by Crippen LogP contribution is -2.48. The van der Waals surface area contributed by atoms with Crippen molar-refractivity contribution in [1.29, 1.82) is 0 Å². The van der Waals surface area contributed by atoms with Crippen LogP contribution >= 0.6 is 0 Å². The molecule has 0 bridgehead atoms. The highest BCUT2D eigenvalue weighted by molar-refractivity contribution is 5.77. The van der Waals surface area contributed by atoms with Crippen molar-refractivity contribution in [2.45, 2.75) is 96.7 Å². The fourth-order valence-electron chi connectivity index (χ4n) is 5.05. The van der Waals surface area contributed by atoms with Crippen LogP contribution in [0.1, 0.15) is 79.1 Å². The van der Waals surface area contributed by atoms with Crippen LogP contribution in [-0.4, -0.2) is 61.8 Å². The first-order chi connectivity index (χ1) is 19.6. The topological polar surface area (TPSA) is 129 Å². The Morgan fingerprint density at radius 1 is 0.810 bits per heavy atom. The minimum Gasteiger partial charge on any atom is -0.420 e. The van der Waals surface area contributed by atoms with Gasteiger partial charge in [-0.1, -0.05) is 20.8 Å². The normalized spacial score (nSPS) is 18.7. The molecule has 1 fully saturated rings. The highest BCUT2D eigenvalue weighted by atomic mass is 19.2. The molecule has 13 heteroatoms. The molecule has 1 aromatic rings. The number of carbonyl (C=O) groups excluding carboxylic acids is 3. The molecule has 1 aliphatic carbocycles. The number of nitrogens with two attached hydrogens (primary N) is 1. The van der Waals surface area contributed by atoms with Crippen LogP contribution in [0.2, 0.25) is 0 Å². The predicted molar refractivity (Wildman–Crippen MR) is 146 cm³/mol. The number of halogens is 4. The number of amides is 2. The van der Waals surface area contributed by atoms with Crippen LogP contribution in [0, 0.1) is 28.7 Å². The fourth-order valence-corrected chi connectivity index (χ4v) is 5.05. The molecule has 0 radical (unpaired) electrons. The monoisotopic (exact) mass is 605 g/mol. The number of nitrogens with one attached hydrogen (secondary N) is 2. The van der Waals surface area contributed by atoms with Gasteiger partial charge < -0.3 is 30.6 Å². The maximum atomic E-state index is 13.5. The predicted octanol–water partition coefficient (Wildman–Crippen LogP) is 4.05. The minimum atomic E-state index is -1.81. The quantitative estimate of drug-likeness (QED) is 0.0905. The molecule has 0 aliphatic heterocycles. The number of hydrogen-bond acceptors (Lipinski definition) is 7. The summed E-state index contributed by atoms with van der Waals surface area (Å²) < 4.78 is 68.3. The van der Waals surface area contributed by atoms with Crippen molar-refractivity contribution in [3.63, 3.8) is 0 Å². The van der Waals surface area contributed by atoms with E-state index in [-0.39, 0.29) is 74.6 Å². The van der Waals surface area contributed by atoms with E-state index in [4.69, 9.17) is 15.2 Å². The first-order valence-electron chi connectivity index (χ1n) is 14.1. The third-order valence-corrected chi connectivity index (χ3v) is 6.54. The Morgan fingerprint density at radius 3 is 1.79 bits per heavy atom. The third-order valence-electron chi connectivity index (χ3n) is 6.54. The van der Waals surface area contributed by atoms with Gasteiger partial charge >= 0.3 is 5.97 Å². The molecule has 1 saturated carbocycles. The Balaban J connectivity index is 1.52. The molecule has 0 saturated heterocycles. The van der Waals surface area contributed by atoms with Gasteiger partial charge in [-0.25, -0.2) is 8.78 Å². The molecular formula is C29H43F4N3O6. The number of rotatable bonds is 15. The van der Waals surface area contributed by atoms with Gasteiger partial charge in [0.15, 0.2) is 11.6 Å². The van der Waals surface area contributed by atoms with Crippen molar-refractivity contribution in [3.05, 3.63) is 29.3 Å². The Bertz CT molecular complexity index is 1050. The van der Waals surface area contributed by atoms with Crippen molar-refractivity contribution >= 4 is 17.8 Å². The van der Waals surface area contributed by atoms with Gasteiger partial charge in [-0.15, -0.1) is 0 Å². The van der Waals surface area contributed by atoms with E-state index in [1.807, 2.05) is 6.92 Å². The van der Waals surface area contributed by atoms with E-state index in [0.717, 1.165) is 32.1 Å². The SMILES string of the molecule is CC(C)(C)CC(C)(N)CC(=O)NC1CCC(NC(=O)CCOCCOCCC(=O)Oc2c(F)c(F)cc(F)c2F)CC1. The first kappa shape index (κ1) is 35.4. The second kappa shape index (κ2) is 16.2. The van der Waals surface area contributed by atoms with Gasteiger partial charge in [-0.05, 0) is 44.4 Å². The summed E-state index contributed by atoms with van der Waals surface area (Å²) in [6.07, 6.45) is 3.76. The maximum Gasteiger partial charge on any atom is 0.313 e. The average Bonchev–Trinajstić information content (AvgIpc) is 2.86. The minimum absolute atomic E-state index is 0.0101. The molecule has 9 nitrogen and oxygen atoms in total. The summed E-state index contributed by atoms with van der Waals surface area (Å²) in [4.78, 5) is 36.4. The van der Waals surface area contributed by atoms with Crippen LogP contribution in [0.15, 0.2) is 6.07 Å². The van der Waals surface area contributed by atoms with E-state index < -0.39 is 46.9 Å². The summed E-state index contributed by atoms with van der Waals surface area (Å²) in [5, 5.41) is 6.06. The Kier molecular flexibility index (Phi) is 13.6. The molecule has 0 aromatic heterocycles. The standard InChI is InChI=1S/C29H43F4N3O6/c1-28(2,3)17-29(4,34)16-23(38)36-19-7-5-18(6-8-19)35-22(37)9-11-40-13-14-41-12-10-24(39)42-27-25(32)20(30)15-21(31)26(27)33/h15,18-19H,5-14,16-17,34H2,1-4H3,(H,35,37)(H,36,38). The van der Waals surface area contributed by atoms with Gasteiger partial charge in [0.1, 0.15) is 0 Å². The summed E-state index contributed by atoms with van der Waals surface area (Å²) in [5.74, 6) is -9.77. The van der Waals surface area contributed by atoms with Crippen LogP contribution < -0.4 is 21.1 Å². The van der Waals surface area contributed by atoms with Gasteiger partial charge in [0.05, 0.1) is 32.8 Å². The molecule has 1 aromatic carbocycles. The van der Waals surface area contributed by atoms with Crippen LogP contribution in [0.4, 0.5) is 17.6 Å². The van der Waals surface area contributed by atoms with Crippen molar-refractivity contribution < 1.29 is 46.2 Å². The van der Waals surface area contributed by atoms with Crippen molar-refractivity contribution in [2.75, 3.05) is 26.4 Å². The van der Waals surface area contributed by atoms with Crippen LogP contribution in [-0.2, 0) is 23.9 Å². The van der Waals surface area contributed by atoms with Gasteiger partial charge in [0.2, 0.25) is 29.2 Å². The molecule has 1 atom stereocenters. The number of esters is 1. The van der Waals surface area contributed by atoms with E-state index in [2.05, 4.69) is 36.1 Å². The number of ether oxygens (including phenoxy) is 3. The second-order valence-corrected chi connectivity index (χ2v) is 12.2. The second-order valence-electron chi connectivity index (χ2n) is 12.2. The van der Waals surface area contributed by atoms with E-state index in [1.54, 1.807) is 0 Å². The molecule has 0 heterocycles. The summed E-state index contributed by atoms with van der Waals surface area (Å²) in [6.45, 7) is 8.35. The van der Waals surface area contributed by atoms with E-state index in [0.29, 0.717) is 0 Å². The summed E-state index contributed by atoms with van der Waals surface area (Å²) in [5.41, 5.74) is 5.79. The number of carbonyl (C=O) groups is 3. The smallest absolute Gasteiger partial charge is 0.313 e. The van der Waals surface area contributed by atoms with Gasteiger partial charge in [-0.2, -0.15) is 8.78 Å². The molecule has 1 aliphatic rings. The zero-order valence-electron chi connectivity index (χ0n) is 24.8. The van der Waals surface area contributed by atoms with Crippen molar-refractivity contribution in [1.82, 2.24) is 10.6 Å². The highest BCUT2D eigenvalue weighted by Gasteiger charge is 2.30. The fraction of sp³-hybridized carbons (Fsp3) is 0.690. The zero-order chi connectivity index (χ0) is 31.5. The van der Waals surface area contributed by atoms with E-state index in [1.165, 1.54) is 0 Å². The van der Waals surface area contributed by atoms with E-state index in [9.17, 15) is 31.9 Å². The van der Waals surface area contributed by atoms with Gasteiger partial charge in [0.25, 0.3) is 0 Å². The molecule has 1 unspecified atom stereocenters. The van der Waals surface area contributed by atoms with Gasteiger partial charge in [0, 0.05) is 36.5 Å².